The van der Waals surface area contributed by atoms with Gasteiger partial charge in [-0.15, -0.1) is 11.8 Å². The van der Waals surface area contributed by atoms with Gasteiger partial charge in [0.25, 0.3) is 0 Å². The first-order chi connectivity index (χ1) is 4.70. The zero-order valence-electron chi connectivity index (χ0n) is 6.39. The summed E-state index contributed by atoms with van der Waals surface area (Å²) in [5, 5.41) is 0. The molecule has 1 aliphatic rings. The lowest BCUT2D eigenvalue weighted by atomic mass is 10.0. The molecule has 1 unspecified atom stereocenters. The van der Waals surface area contributed by atoms with Crippen molar-refractivity contribution < 1.29 is 0 Å². The molecule has 1 heterocycles. The van der Waals surface area contributed by atoms with Gasteiger partial charge in [0.2, 0.25) is 0 Å². The zero-order chi connectivity index (χ0) is 7.56. The molecule has 0 aliphatic carbocycles. The van der Waals surface area contributed by atoms with Crippen LogP contribution in [0.5, 0.6) is 0 Å². The van der Waals surface area contributed by atoms with Crippen LogP contribution in [-0.2, 0) is 0 Å². The van der Waals surface area contributed by atoms with E-state index in [9.17, 15) is 0 Å². The maximum Gasteiger partial charge on any atom is 0.00534 e. The number of thioether (sulfide) groups is 1. The monoisotopic (exact) mass is 172 g/mol. The Morgan fingerprint density at radius 3 is 2.90 bits per heavy atom. The van der Waals surface area contributed by atoms with E-state index in [0.29, 0.717) is 5.92 Å². The van der Waals surface area contributed by atoms with Crippen LogP contribution in [0.4, 0.5) is 0 Å². The zero-order valence-corrected chi connectivity index (χ0v) is 8.02. The average molecular weight is 172 g/mol. The molecule has 0 aromatic carbocycles. The normalized spacial score (nSPS) is 25.8. The third-order valence-electron chi connectivity index (χ3n) is 1.78. The summed E-state index contributed by atoms with van der Waals surface area (Å²) in [5.74, 6) is 1.85. The van der Waals surface area contributed by atoms with Crippen molar-refractivity contribution in [2.45, 2.75) is 20.3 Å². The van der Waals surface area contributed by atoms with Gasteiger partial charge in [0.1, 0.15) is 0 Å². The Bertz CT molecular complexity index is 170. The number of hydrogen-bond acceptors (Lipinski definition) is 2. The molecule has 10 heavy (non-hydrogen) atoms. The highest BCUT2D eigenvalue weighted by atomic mass is 32.2. The minimum absolute atomic E-state index is 0.656. The van der Waals surface area contributed by atoms with E-state index in [1.54, 1.807) is 0 Å². The Labute approximate surface area is 72.1 Å². The van der Waals surface area contributed by atoms with E-state index in [1.165, 1.54) is 10.7 Å². The maximum absolute atomic E-state index is 5.11. The van der Waals surface area contributed by atoms with Crippen molar-refractivity contribution in [3.8, 4) is 0 Å². The van der Waals surface area contributed by atoms with Gasteiger partial charge in [-0.05, 0) is 30.0 Å². The van der Waals surface area contributed by atoms with Gasteiger partial charge in [-0.3, -0.25) is 0 Å². The Morgan fingerprint density at radius 1 is 1.80 bits per heavy atom. The van der Waals surface area contributed by atoms with Gasteiger partial charge in [0.15, 0.2) is 0 Å². The summed E-state index contributed by atoms with van der Waals surface area (Å²) in [6.45, 7) is 4.22. The van der Waals surface area contributed by atoms with Crippen LogP contribution in [0.1, 0.15) is 20.3 Å². The van der Waals surface area contributed by atoms with E-state index in [1.807, 2.05) is 11.8 Å². The lowest BCUT2D eigenvalue weighted by molar-refractivity contribution is 0.803. The summed E-state index contributed by atoms with van der Waals surface area (Å²) < 4.78 is 0. The van der Waals surface area contributed by atoms with Crippen LogP contribution >= 0.6 is 24.0 Å². The maximum atomic E-state index is 5.11. The van der Waals surface area contributed by atoms with Crippen LogP contribution in [-0.4, -0.2) is 10.6 Å². The average Bonchev–Trinajstić information content (AvgIpc) is 1.88. The quantitative estimate of drug-likeness (QED) is 0.558. The Balaban J connectivity index is 2.50. The van der Waals surface area contributed by atoms with E-state index in [2.05, 4.69) is 19.9 Å². The van der Waals surface area contributed by atoms with Gasteiger partial charge in [-0.25, -0.2) is 0 Å². The summed E-state index contributed by atoms with van der Waals surface area (Å²) in [6.07, 6.45) is 3.45. The highest BCUT2D eigenvalue weighted by Gasteiger charge is 2.13. The number of rotatable bonds is 1. The Kier molecular flexibility index (Phi) is 2.93. The van der Waals surface area contributed by atoms with Crippen LogP contribution in [0, 0.1) is 5.92 Å². The fourth-order valence-electron chi connectivity index (χ4n) is 0.951. The van der Waals surface area contributed by atoms with Gasteiger partial charge in [-0.2, -0.15) is 0 Å². The molecule has 0 bridgehead atoms. The van der Waals surface area contributed by atoms with Crippen LogP contribution in [0.15, 0.2) is 11.0 Å². The highest BCUT2D eigenvalue weighted by Crippen LogP contribution is 2.27. The molecule has 0 nitrogen and oxygen atoms in total. The fraction of sp³-hybridized carbons (Fsp3) is 0.625. The van der Waals surface area contributed by atoms with E-state index >= 15 is 0 Å². The molecule has 0 saturated carbocycles. The molecule has 0 N–H and O–H groups in total. The molecule has 0 aromatic heterocycles. The second kappa shape index (κ2) is 3.54. The molecule has 0 spiro atoms. The van der Waals surface area contributed by atoms with Gasteiger partial charge < -0.3 is 0 Å². The van der Waals surface area contributed by atoms with Gasteiger partial charge in [0, 0.05) is 11.7 Å². The van der Waals surface area contributed by atoms with Crippen LogP contribution in [0.3, 0.4) is 0 Å². The van der Waals surface area contributed by atoms with Gasteiger partial charge >= 0.3 is 0 Å². The van der Waals surface area contributed by atoms with Gasteiger partial charge in [-0.1, -0.05) is 18.3 Å². The fourth-order valence-corrected chi connectivity index (χ4v) is 2.30. The molecular weight excluding hydrogens is 160 g/mol. The predicted octanol–water partition coefficient (Wildman–Crippen LogP) is 3.03. The minimum atomic E-state index is 0.656. The summed E-state index contributed by atoms with van der Waals surface area (Å²) in [4.78, 5) is 2.61. The first-order valence-electron chi connectivity index (χ1n) is 3.50. The molecule has 0 saturated heterocycles. The molecule has 0 amide bonds. The van der Waals surface area contributed by atoms with Crippen molar-refractivity contribution in [2.75, 3.05) is 5.75 Å². The Hall–Kier alpha value is 0.180. The van der Waals surface area contributed by atoms with Crippen molar-refractivity contribution in [2.24, 2.45) is 5.92 Å². The lowest BCUT2D eigenvalue weighted by Crippen LogP contribution is -2.13. The van der Waals surface area contributed by atoms with Crippen molar-refractivity contribution in [3.63, 3.8) is 0 Å². The molecule has 0 fully saturated rings. The number of thiocarbonyl (C=S) groups is 1. The summed E-state index contributed by atoms with van der Waals surface area (Å²) in [7, 11) is 0. The SMILES string of the molecule is CC(=S)C1CC=C(C)SC1. The lowest BCUT2D eigenvalue weighted by Gasteiger charge is -2.18. The van der Waals surface area contributed by atoms with Crippen molar-refractivity contribution >= 4 is 28.8 Å². The highest BCUT2D eigenvalue weighted by molar-refractivity contribution is 8.03. The first kappa shape index (κ1) is 8.28. The second-order valence-corrected chi connectivity index (χ2v) is 4.58. The molecule has 56 valence electrons. The summed E-state index contributed by atoms with van der Waals surface area (Å²) in [5.41, 5.74) is 0. The molecule has 0 aromatic rings. The standard InChI is InChI=1S/C8H12S2/c1-6-3-4-8(5-10-6)7(2)9/h3,8H,4-5H2,1-2H3. The first-order valence-corrected chi connectivity index (χ1v) is 4.89. The molecule has 1 rings (SSSR count). The predicted molar refractivity (Wildman–Crippen MR) is 52.6 cm³/mol. The van der Waals surface area contributed by atoms with Gasteiger partial charge in [0.05, 0.1) is 0 Å². The third kappa shape index (κ3) is 2.10. The molecule has 2 heteroatoms. The van der Waals surface area contributed by atoms with Crippen molar-refractivity contribution in [3.05, 3.63) is 11.0 Å². The summed E-state index contributed by atoms with van der Waals surface area (Å²) in [6, 6.07) is 0. The van der Waals surface area contributed by atoms with E-state index < -0.39 is 0 Å². The second-order valence-electron chi connectivity index (χ2n) is 2.67. The van der Waals surface area contributed by atoms with E-state index in [-0.39, 0.29) is 0 Å². The van der Waals surface area contributed by atoms with Crippen LogP contribution in [0.25, 0.3) is 0 Å². The third-order valence-corrected chi connectivity index (χ3v) is 3.30. The topological polar surface area (TPSA) is 0 Å². The van der Waals surface area contributed by atoms with Crippen LogP contribution in [0.2, 0.25) is 0 Å². The van der Waals surface area contributed by atoms with Crippen LogP contribution < -0.4 is 0 Å². The molecule has 1 atom stereocenters. The molecular formula is C8H12S2. The number of allylic oxidation sites excluding steroid dienone is 2. The molecule has 0 radical (unpaired) electrons. The Morgan fingerprint density at radius 2 is 2.50 bits per heavy atom. The number of hydrogen-bond donors (Lipinski definition) is 0. The van der Waals surface area contributed by atoms with E-state index in [0.717, 1.165) is 11.3 Å². The van der Waals surface area contributed by atoms with Crippen molar-refractivity contribution in [1.82, 2.24) is 0 Å². The summed E-state index contributed by atoms with van der Waals surface area (Å²) >= 11 is 7.04. The van der Waals surface area contributed by atoms with Crippen molar-refractivity contribution in [1.29, 1.82) is 0 Å². The van der Waals surface area contributed by atoms with E-state index in [4.69, 9.17) is 12.2 Å². The largest absolute Gasteiger partial charge is 0.131 e. The smallest absolute Gasteiger partial charge is 0.00534 e. The molecule has 1 aliphatic heterocycles. The minimum Gasteiger partial charge on any atom is -0.131 e.